The average molecular weight is 604 g/mol. The lowest BCUT2D eigenvalue weighted by molar-refractivity contribution is -0.217. The zero-order chi connectivity index (χ0) is 30.5. The number of carbonyl (C=O) groups is 2. The number of esters is 2. The maximum Gasteiger partial charge on any atom is 0.339 e. The molecule has 0 radical (unpaired) electrons. The minimum absolute atomic E-state index is 0.126. The van der Waals surface area contributed by atoms with Crippen LogP contribution >= 0.6 is 0 Å². The second-order valence-electron chi connectivity index (χ2n) is 13.3. The Labute approximate surface area is 258 Å². The first kappa shape index (κ1) is 29.2. The van der Waals surface area contributed by atoms with E-state index in [1.54, 1.807) is 7.11 Å². The smallest absolute Gasteiger partial charge is 0.339 e. The van der Waals surface area contributed by atoms with Crippen LogP contribution < -0.4 is 9.47 Å². The third-order valence-electron chi connectivity index (χ3n) is 10.1. The molecule has 44 heavy (non-hydrogen) atoms. The second kappa shape index (κ2) is 11.1. The molecule has 4 atom stereocenters. The van der Waals surface area contributed by atoms with E-state index in [4.69, 9.17) is 28.4 Å². The fourth-order valence-electron chi connectivity index (χ4n) is 8.11. The summed E-state index contributed by atoms with van der Waals surface area (Å²) >= 11 is 0. The average Bonchev–Trinajstić information content (AvgIpc) is 3.69. The predicted molar refractivity (Wildman–Crippen MR) is 160 cm³/mol. The number of fused-ring (bicyclic) bond motifs is 3. The maximum atomic E-state index is 14.5. The van der Waals surface area contributed by atoms with Crippen LogP contribution in [0.25, 0.3) is 0 Å². The van der Waals surface area contributed by atoms with Gasteiger partial charge in [0.25, 0.3) is 0 Å². The normalized spacial score (nSPS) is 29.9. The molecule has 1 aliphatic carbocycles. The van der Waals surface area contributed by atoms with Crippen molar-refractivity contribution in [2.75, 3.05) is 27.0 Å². The van der Waals surface area contributed by atoms with E-state index < -0.39 is 29.2 Å². The molecule has 4 heterocycles. The van der Waals surface area contributed by atoms with Crippen molar-refractivity contribution in [1.29, 1.82) is 0 Å². The minimum atomic E-state index is -1.47. The molecule has 9 nitrogen and oxygen atoms in total. The summed E-state index contributed by atoms with van der Waals surface area (Å²) in [5.74, 6) is 0.812. The van der Waals surface area contributed by atoms with Crippen LogP contribution in [-0.4, -0.2) is 66.7 Å². The molecule has 4 aliphatic heterocycles. The summed E-state index contributed by atoms with van der Waals surface area (Å²) in [4.78, 5) is 30.3. The summed E-state index contributed by atoms with van der Waals surface area (Å²) in [5, 5.41) is 0. The van der Waals surface area contributed by atoms with Crippen molar-refractivity contribution in [3.63, 3.8) is 0 Å². The SMILES string of the molecule is COC1=C[C@@]23CCCN2CCc2cc4c(cc2[C@@H]3C1OC(=O)[C@@]1(CC(=O)OCc2ccccc2)CCCC(C)(C)O1)OCO4. The summed E-state index contributed by atoms with van der Waals surface area (Å²) in [6.45, 7) is 6.06. The number of hydrogen-bond acceptors (Lipinski definition) is 9. The number of methoxy groups -OCH3 is 1. The van der Waals surface area contributed by atoms with Crippen LogP contribution in [0.5, 0.6) is 11.5 Å². The van der Waals surface area contributed by atoms with Gasteiger partial charge in [-0.05, 0) is 93.8 Å². The van der Waals surface area contributed by atoms with Crippen LogP contribution in [0.1, 0.15) is 75.0 Å². The van der Waals surface area contributed by atoms with Gasteiger partial charge in [-0.3, -0.25) is 9.69 Å². The molecule has 7 rings (SSSR count). The van der Waals surface area contributed by atoms with Crippen molar-refractivity contribution in [2.45, 2.75) is 94.2 Å². The first-order chi connectivity index (χ1) is 21.2. The van der Waals surface area contributed by atoms with Crippen molar-refractivity contribution in [1.82, 2.24) is 4.90 Å². The Balaban J connectivity index is 1.21. The van der Waals surface area contributed by atoms with Gasteiger partial charge in [0.1, 0.15) is 12.4 Å². The highest BCUT2D eigenvalue weighted by atomic mass is 16.7. The van der Waals surface area contributed by atoms with E-state index in [1.165, 1.54) is 0 Å². The number of rotatable bonds is 7. The quantitative estimate of drug-likeness (QED) is 0.396. The molecule has 234 valence electrons. The van der Waals surface area contributed by atoms with Crippen LogP contribution in [-0.2, 0) is 41.6 Å². The molecule has 5 aliphatic rings. The molecule has 0 N–H and O–H groups in total. The Morgan fingerprint density at radius 1 is 1.00 bits per heavy atom. The lowest BCUT2D eigenvalue weighted by Crippen LogP contribution is -2.54. The van der Waals surface area contributed by atoms with Gasteiger partial charge in [-0.25, -0.2) is 4.79 Å². The lowest BCUT2D eigenvalue weighted by Gasteiger charge is -2.44. The second-order valence-corrected chi connectivity index (χ2v) is 13.3. The van der Waals surface area contributed by atoms with E-state index >= 15 is 0 Å². The zero-order valence-electron chi connectivity index (χ0n) is 25.8. The molecular weight excluding hydrogens is 562 g/mol. The monoisotopic (exact) mass is 603 g/mol. The van der Waals surface area contributed by atoms with Gasteiger partial charge >= 0.3 is 11.9 Å². The molecule has 2 fully saturated rings. The molecule has 0 saturated carbocycles. The van der Waals surface area contributed by atoms with E-state index in [2.05, 4.69) is 23.1 Å². The number of hydrogen-bond donors (Lipinski definition) is 0. The highest BCUT2D eigenvalue weighted by Crippen LogP contribution is 2.56. The highest BCUT2D eigenvalue weighted by Gasteiger charge is 2.60. The van der Waals surface area contributed by atoms with Gasteiger partial charge < -0.3 is 28.4 Å². The molecule has 1 unspecified atom stereocenters. The predicted octanol–water partition coefficient (Wildman–Crippen LogP) is 5.20. The van der Waals surface area contributed by atoms with Crippen LogP contribution in [0, 0.1) is 0 Å². The summed E-state index contributed by atoms with van der Waals surface area (Å²) < 4.78 is 36.2. The van der Waals surface area contributed by atoms with Crippen LogP contribution in [0.3, 0.4) is 0 Å². The Kier molecular flexibility index (Phi) is 7.36. The van der Waals surface area contributed by atoms with E-state index in [9.17, 15) is 9.59 Å². The lowest BCUT2D eigenvalue weighted by atomic mass is 9.77. The fourth-order valence-corrected chi connectivity index (χ4v) is 8.11. The van der Waals surface area contributed by atoms with Gasteiger partial charge in [0, 0.05) is 6.54 Å². The Morgan fingerprint density at radius 3 is 2.57 bits per heavy atom. The molecular formula is C35H41NO8. The molecule has 2 aromatic carbocycles. The molecule has 0 bridgehead atoms. The van der Waals surface area contributed by atoms with Crippen molar-refractivity contribution in [3.8, 4) is 11.5 Å². The van der Waals surface area contributed by atoms with E-state index in [1.807, 2.05) is 44.2 Å². The standard InChI is InChI=1S/C35H41NO8/c1-33(2)12-7-14-35(44-33,20-29(37)40-21-23-9-5-4-6-10-23)32(38)43-31-28(39-3)19-34-13-8-15-36(34)16-11-24-17-26-27(42-22-41-26)18-25(24)30(31)34/h4-6,9-10,17-19,30-31H,7-8,11-16,20-22H2,1-3H3/t30-,31?,34-,35+/m1/s1. The van der Waals surface area contributed by atoms with Crippen molar-refractivity contribution >= 4 is 11.9 Å². The first-order valence-electron chi connectivity index (χ1n) is 15.8. The first-order valence-corrected chi connectivity index (χ1v) is 15.8. The summed E-state index contributed by atoms with van der Waals surface area (Å²) in [6.07, 6.45) is 5.94. The van der Waals surface area contributed by atoms with Gasteiger partial charge in [-0.15, -0.1) is 0 Å². The van der Waals surface area contributed by atoms with Crippen molar-refractivity contribution in [2.24, 2.45) is 0 Å². The summed E-state index contributed by atoms with van der Waals surface area (Å²) in [5.41, 5.74) is 0.687. The topological polar surface area (TPSA) is 92.8 Å². The third kappa shape index (κ3) is 5.04. The molecule has 0 aromatic heterocycles. The van der Waals surface area contributed by atoms with E-state index in [-0.39, 0.29) is 31.3 Å². The molecule has 1 spiro atoms. The Bertz CT molecular complexity index is 1470. The summed E-state index contributed by atoms with van der Waals surface area (Å²) in [6, 6.07) is 13.6. The Hall–Kier alpha value is -3.56. The van der Waals surface area contributed by atoms with Gasteiger partial charge in [0.2, 0.25) is 6.79 Å². The molecule has 2 aromatic rings. The molecule has 9 heteroatoms. The largest absolute Gasteiger partial charge is 0.497 e. The molecule has 2 saturated heterocycles. The summed E-state index contributed by atoms with van der Waals surface area (Å²) in [7, 11) is 1.63. The Morgan fingerprint density at radius 2 is 1.80 bits per heavy atom. The van der Waals surface area contributed by atoms with Crippen molar-refractivity contribution in [3.05, 3.63) is 71.0 Å². The van der Waals surface area contributed by atoms with Crippen molar-refractivity contribution < 1.29 is 38.0 Å². The van der Waals surface area contributed by atoms with Gasteiger partial charge in [-0.1, -0.05) is 30.3 Å². The maximum absolute atomic E-state index is 14.5. The number of ether oxygens (including phenoxy) is 6. The van der Waals surface area contributed by atoms with E-state index in [0.717, 1.165) is 67.6 Å². The highest BCUT2D eigenvalue weighted by molar-refractivity contribution is 5.86. The van der Waals surface area contributed by atoms with Crippen LogP contribution in [0.4, 0.5) is 0 Å². The zero-order valence-corrected chi connectivity index (χ0v) is 25.8. The van der Waals surface area contributed by atoms with Crippen LogP contribution in [0.2, 0.25) is 0 Å². The minimum Gasteiger partial charge on any atom is -0.497 e. The molecule has 0 amide bonds. The third-order valence-corrected chi connectivity index (χ3v) is 10.1. The fraction of sp³-hybridized carbons (Fsp3) is 0.543. The van der Waals surface area contributed by atoms with Crippen LogP contribution in [0.15, 0.2) is 54.3 Å². The van der Waals surface area contributed by atoms with Gasteiger partial charge in [-0.2, -0.15) is 0 Å². The number of carbonyl (C=O) groups excluding carboxylic acids is 2. The number of benzene rings is 2. The van der Waals surface area contributed by atoms with Gasteiger partial charge in [0.05, 0.1) is 30.6 Å². The van der Waals surface area contributed by atoms with Gasteiger partial charge in [0.15, 0.2) is 23.2 Å². The number of nitrogens with zero attached hydrogens (tertiary/aromatic N) is 1. The van der Waals surface area contributed by atoms with E-state index in [0.29, 0.717) is 17.9 Å².